The molecule has 0 saturated heterocycles. The summed E-state index contributed by atoms with van der Waals surface area (Å²) >= 11 is 0. The van der Waals surface area contributed by atoms with Crippen LogP contribution in [0.5, 0.6) is 0 Å². The molecule has 0 saturated carbocycles. The van der Waals surface area contributed by atoms with Gasteiger partial charge in [0.05, 0.1) is 23.1 Å². The molecule has 4 rings (SSSR count). The SMILES string of the molecule is CCOC(=O)c1ccc2c(c1)[C@H]1C=CC[C@@H]1[C@H](c1ccc([N+](=O)[O-])cc1)N2. The molecule has 6 nitrogen and oxygen atoms in total. The molecule has 2 aromatic carbocycles. The minimum atomic E-state index is -0.385. The zero-order valence-electron chi connectivity index (χ0n) is 14.9. The summed E-state index contributed by atoms with van der Waals surface area (Å²) < 4.78 is 5.12. The minimum Gasteiger partial charge on any atom is -0.462 e. The van der Waals surface area contributed by atoms with Crippen LogP contribution in [0.3, 0.4) is 0 Å². The van der Waals surface area contributed by atoms with Gasteiger partial charge < -0.3 is 10.1 Å². The van der Waals surface area contributed by atoms with E-state index in [-0.39, 0.29) is 28.5 Å². The predicted molar refractivity (Wildman–Crippen MR) is 102 cm³/mol. The molecule has 27 heavy (non-hydrogen) atoms. The van der Waals surface area contributed by atoms with Crippen molar-refractivity contribution in [1.82, 2.24) is 0 Å². The van der Waals surface area contributed by atoms with E-state index in [4.69, 9.17) is 4.74 Å². The van der Waals surface area contributed by atoms with E-state index < -0.39 is 0 Å². The Labute approximate surface area is 157 Å². The molecular formula is C21H20N2O4. The third-order valence-electron chi connectivity index (χ3n) is 5.34. The van der Waals surface area contributed by atoms with Gasteiger partial charge in [0, 0.05) is 23.7 Å². The van der Waals surface area contributed by atoms with Crippen LogP contribution in [-0.4, -0.2) is 17.5 Å². The maximum Gasteiger partial charge on any atom is 0.338 e. The lowest BCUT2D eigenvalue weighted by molar-refractivity contribution is -0.384. The second kappa shape index (κ2) is 6.87. The summed E-state index contributed by atoms with van der Waals surface area (Å²) in [7, 11) is 0. The molecule has 1 heterocycles. The molecule has 2 aromatic rings. The van der Waals surface area contributed by atoms with E-state index in [0.29, 0.717) is 18.1 Å². The van der Waals surface area contributed by atoms with Gasteiger partial charge in [0.2, 0.25) is 0 Å². The standard InChI is InChI=1S/C21H20N2O4/c1-2-27-21(24)14-8-11-19-18(12-14)16-4-3-5-17(16)20(22-19)13-6-9-15(10-7-13)23(25)26/h3-4,6-12,16-17,20,22H,2,5H2,1H3/t16-,17-,20-/m0/s1. The van der Waals surface area contributed by atoms with Gasteiger partial charge in [-0.15, -0.1) is 0 Å². The lowest BCUT2D eigenvalue weighted by Crippen LogP contribution is -2.29. The summed E-state index contributed by atoms with van der Waals surface area (Å²) in [6.45, 7) is 2.14. The van der Waals surface area contributed by atoms with Gasteiger partial charge in [-0.25, -0.2) is 4.79 Å². The largest absolute Gasteiger partial charge is 0.462 e. The number of nitrogens with one attached hydrogen (secondary N) is 1. The number of allylic oxidation sites excluding steroid dienone is 2. The number of hydrogen-bond acceptors (Lipinski definition) is 5. The van der Waals surface area contributed by atoms with Crippen molar-refractivity contribution in [3.63, 3.8) is 0 Å². The van der Waals surface area contributed by atoms with E-state index in [1.54, 1.807) is 25.1 Å². The molecule has 3 atom stereocenters. The second-order valence-corrected chi connectivity index (χ2v) is 6.85. The lowest BCUT2D eigenvalue weighted by Gasteiger charge is -2.37. The first kappa shape index (κ1) is 17.3. The number of nitrogens with zero attached hydrogens (tertiary/aromatic N) is 1. The Kier molecular flexibility index (Phi) is 4.39. The zero-order chi connectivity index (χ0) is 19.0. The quantitative estimate of drug-likeness (QED) is 0.371. The van der Waals surface area contributed by atoms with Crippen molar-refractivity contribution < 1.29 is 14.5 Å². The van der Waals surface area contributed by atoms with E-state index >= 15 is 0 Å². The molecule has 6 heteroatoms. The van der Waals surface area contributed by atoms with Gasteiger partial charge in [-0.3, -0.25) is 10.1 Å². The summed E-state index contributed by atoms with van der Waals surface area (Å²) in [5.74, 6) is 0.198. The highest BCUT2D eigenvalue weighted by Crippen LogP contribution is 2.50. The highest BCUT2D eigenvalue weighted by atomic mass is 16.6. The number of esters is 1. The molecule has 0 radical (unpaired) electrons. The van der Waals surface area contributed by atoms with Gasteiger partial charge in [0.25, 0.3) is 5.69 Å². The smallest absolute Gasteiger partial charge is 0.338 e. The van der Waals surface area contributed by atoms with Crippen LogP contribution in [0.4, 0.5) is 11.4 Å². The van der Waals surface area contributed by atoms with Crippen molar-refractivity contribution in [3.8, 4) is 0 Å². The van der Waals surface area contributed by atoms with Gasteiger partial charge in [0.1, 0.15) is 0 Å². The maximum absolute atomic E-state index is 12.1. The average Bonchev–Trinajstić information content (AvgIpc) is 3.17. The van der Waals surface area contributed by atoms with E-state index in [2.05, 4.69) is 17.5 Å². The van der Waals surface area contributed by atoms with E-state index in [9.17, 15) is 14.9 Å². The van der Waals surface area contributed by atoms with Crippen LogP contribution in [0.15, 0.2) is 54.6 Å². The number of ether oxygens (including phenoxy) is 1. The molecule has 2 aliphatic rings. The number of benzene rings is 2. The molecule has 138 valence electrons. The van der Waals surface area contributed by atoms with Gasteiger partial charge >= 0.3 is 5.97 Å². The Morgan fingerprint density at radius 3 is 2.74 bits per heavy atom. The molecule has 0 aromatic heterocycles. The van der Waals surface area contributed by atoms with Crippen molar-refractivity contribution in [2.24, 2.45) is 5.92 Å². The van der Waals surface area contributed by atoms with Crippen molar-refractivity contribution in [1.29, 1.82) is 0 Å². The molecule has 0 bridgehead atoms. The molecule has 0 unspecified atom stereocenters. The third-order valence-corrected chi connectivity index (χ3v) is 5.34. The number of fused-ring (bicyclic) bond motifs is 3. The van der Waals surface area contributed by atoms with Crippen LogP contribution in [0.2, 0.25) is 0 Å². The Bertz CT molecular complexity index is 920. The summed E-state index contributed by atoms with van der Waals surface area (Å²) in [5.41, 5.74) is 3.76. The van der Waals surface area contributed by atoms with Gasteiger partial charge in [0.15, 0.2) is 0 Å². The van der Waals surface area contributed by atoms with Gasteiger partial charge in [-0.1, -0.05) is 24.3 Å². The molecule has 1 aliphatic carbocycles. The predicted octanol–water partition coefficient (Wildman–Crippen LogP) is 4.60. The van der Waals surface area contributed by atoms with Crippen molar-refractivity contribution in [2.75, 3.05) is 11.9 Å². The normalized spacial score (nSPS) is 22.5. The van der Waals surface area contributed by atoms with Crippen LogP contribution in [0, 0.1) is 16.0 Å². The summed E-state index contributed by atoms with van der Waals surface area (Å²) in [6.07, 6.45) is 5.28. The van der Waals surface area contributed by atoms with Crippen molar-refractivity contribution in [2.45, 2.75) is 25.3 Å². The molecule has 1 aliphatic heterocycles. The fraction of sp³-hybridized carbons (Fsp3) is 0.286. The van der Waals surface area contributed by atoms with Gasteiger partial charge in [-0.2, -0.15) is 0 Å². The van der Waals surface area contributed by atoms with Gasteiger partial charge in [-0.05, 0) is 48.6 Å². The zero-order valence-corrected chi connectivity index (χ0v) is 14.9. The maximum atomic E-state index is 12.1. The molecule has 1 N–H and O–H groups in total. The number of carbonyl (C=O) groups is 1. The number of carbonyl (C=O) groups excluding carboxylic acids is 1. The summed E-state index contributed by atoms with van der Waals surface area (Å²) in [4.78, 5) is 22.6. The Morgan fingerprint density at radius 1 is 1.26 bits per heavy atom. The first-order valence-corrected chi connectivity index (χ1v) is 9.07. The van der Waals surface area contributed by atoms with Crippen molar-refractivity contribution >= 4 is 17.3 Å². The summed E-state index contributed by atoms with van der Waals surface area (Å²) in [5, 5.41) is 14.5. The van der Waals surface area contributed by atoms with Crippen LogP contribution in [-0.2, 0) is 4.74 Å². The molecule has 0 fully saturated rings. The number of rotatable bonds is 4. The van der Waals surface area contributed by atoms with Crippen LogP contribution in [0.25, 0.3) is 0 Å². The summed E-state index contributed by atoms with van der Waals surface area (Å²) in [6, 6.07) is 12.4. The molecule has 0 spiro atoms. The highest BCUT2D eigenvalue weighted by molar-refractivity contribution is 5.90. The minimum absolute atomic E-state index is 0.0618. The van der Waals surface area contributed by atoms with E-state index in [1.807, 2.05) is 24.3 Å². The average molecular weight is 364 g/mol. The number of non-ortho nitro benzene ring substituents is 1. The number of hydrogen-bond donors (Lipinski definition) is 1. The van der Waals surface area contributed by atoms with Crippen LogP contribution < -0.4 is 5.32 Å². The fourth-order valence-corrected chi connectivity index (χ4v) is 4.07. The lowest BCUT2D eigenvalue weighted by atomic mass is 9.76. The molecular weight excluding hydrogens is 344 g/mol. The Morgan fingerprint density at radius 2 is 2.04 bits per heavy atom. The molecule has 0 amide bonds. The number of anilines is 1. The topological polar surface area (TPSA) is 81.5 Å². The van der Waals surface area contributed by atoms with E-state index in [1.165, 1.54) is 0 Å². The number of nitro benzene ring substituents is 1. The number of nitro groups is 1. The Hall–Kier alpha value is -3.15. The first-order valence-electron chi connectivity index (χ1n) is 9.07. The fourth-order valence-electron chi connectivity index (χ4n) is 4.07. The second-order valence-electron chi connectivity index (χ2n) is 6.85. The van der Waals surface area contributed by atoms with Crippen molar-refractivity contribution in [3.05, 3.63) is 81.4 Å². The first-order chi connectivity index (χ1) is 13.1. The third kappa shape index (κ3) is 3.07. The van der Waals surface area contributed by atoms with E-state index in [0.717, 1.165) is 23.2 Å². The highest BCUT2D eigenvalue weighted by Gasteiger charge is 2.38. The van der Waals surface area contributed by atoms with Crippen LogP contribution >= 0.6 is 0 Å². The Balaban J connectivity index is 1.68. The van der Waals surface area contributed by atoms with Crippen LogP contribution in [0.1, 0.15) is 46.8 Å². The monoisotopic (exact) mass is 364 g/mol.